The van der Waals surface area contributed by atoms with Crippen molar-refractivity contribution in [3.8, 4) is 0 Å². The highest BCUT2D eigenvalue weighted by atomic mass is 32.2. The molecular formula is C19H22N4O3S. The van der Waals surface area contributed by atoms with Gasteiger partial charge in [0.05, 0.1) is 0 Å². The lowest BCUT2D eigenvalue weighted by Crippen LogP contribution is -2.50. The van der Waals surface area contributed by atoms with Crippen molar-refractivity contribution in [2.75, 3.05) is 37.7 Å². The number of esters is 1. The third-order valence-corrected chi connectivity index (χ3v) is 5.28. The molecular weight excluding hydrogens is 364 g/mol. The van der Waals surface area contributed by atoms with E-state index in [1.165, 1.54) is 11.8 Å². The first-order valence-electron chi connectivity index (χ1n) is 8.81. The predicted octanol–water partition coefficient (Wildman–Crippen LogP) is 1.85. The smallest absolute Gasteiger partial charge is 0.319 e. The summed E-state index contributed by atoms with van der Waals surface area (Å²) < 4.78 is 5.21. The van der Waals surface area contributed by atoms with E-state index in [2.05, 4.69) is 9.97 Å². The minimum atomic E-state index is -0.381. The summed E-state index contributed by atoms with van der Waals surface area (Å²) in [6.07, 6.45) is 3.40. The second kappa shape index (κ2) is 9.36. The van der Waals surface area contributed by atoms with Gasteiger partial charge in [-0.3, -0.25) is 9.59 Å². The fourth-order valence-electron chi connectivity index (χ4n) is 2.70. The van der Waals surface area contributed by atoms with Gasteiger partial charge in [-0.2, -0.15) is 0 Å². The van der Waals surface area contributed by atoms with Crippen LogP contribution in [0.3, 0.4) is 0 Å². The topological polar surface area (TPSA) is 75.6 Å². The fraction of sp³-hybridized carbons (Fsp3) is 0.368. The maximum atomic E-state index is 12.3. The van der Waals surface area contributed by atoms with Crippen LogP contribution in [0.15, 0.2) is 53.7 Å². The number of rotatable bonds is 6. The number of benzene rings is 1. The van der Waals surface area contributed by atoms with E-state index in [-0.39, 0.29) is 23.7 Å². The van der Waals surface area contributed by atoms with Crippen molar-refractivity contribution in [3.05, 3.63) is 48.8 Å². The predicted molar refractivity (Wildman–Crippen MR) is 104 cm³/mol. The van der Waals surface area contributed by atoms with Gasteiger partial charge in [0.15, 0.2) is 6.61 Å². The highest BCUT2D eigenvalue weighted by Gasteiger charge is 2.24. The Bertz CT molecular complexity index is 752. The number of nitrogens with zero attached hydrogens (tertiary/aromatic N) is 4. The Labute approximate surface area is 162 Å². The van der Waals surface area contributed by atoms with Gasteiger partial charge < -0.3 is 14.5 Å². The highest BCUT2D eigenvalue weighted by molar-refractivity contribution is 8.00. The molecule has 1 amide bonds. The first-order valence-corrected chi connectivity index (χ1v) is 9.69. The molecule has 2 heterocycles. The lowest BCUT2D eigenvalue weighted by Gasteiger charge is -2.34. The zero-order valence-corrected chi connectivity index (χ0v) is 16.0. The second-order valence-electron chi connectivity index (χ2n) is 6.10. The number of carbonyl (C=O) groups is 2. The van der Waals surface area contributed by atoms with Crippen LogP contribution in [-0.4, -0.2) is 64.8 Å². The number of ether oxygens (including phenoxy) is 1. The maximum absolute atomic E-state index is 12.3. The Kier molecular flexibility index (Phi) is 6.64. The Morgan fingerprint density at radius 3 is 2.41 bits per heavy atom. The Morgan fingerprint density at radius 1 is 1.07 bits per heavy atom. The van der Waals surface area contributed by atoms with Crippen LogP contribution >= 0.6 is 11.8 Å². The Balaban J connectivity index is 1.41. The molecule has 1 fully saturated rings. The number of thioether (sulfide) groups is 1. The van der Waals surface area contributed by atoms with Gasteiger partial charge in [0, 0.05) is 43.5 Å². The average Bonchev–Trinajstić information content (AvgIpc) is 2.73. The molecule has 0 aliphatic carbocycles. The number of carbonyl (C=O) groups excluding carboxylic acids is 2. The summed E-state index contributed by atoms with van der Waals surface area (Å²) in [5.74, 6) is 0.116. The monoisotopic (exact) mass is 386 g/mol. The normalized spacial score (nSPS) is 15.3. The summed E-state index contributed by atoms with van der Waals surface area (Å²) >= 11 is 1.42. The molecule has 1 saturated heterocycles. The van der Waals surface area contributed by atoms with E-state index in [9.17, 15) is 9.59 Å². The summed E-state index contributed by atoms with van der Waals surface area (Å²) in [4.78, 5) is 37.6. The lowest BCUT2D eigenvalue weighted by atomic mass is 10.3. The van der Waals surface area contributed by atoms with E-state index in [1.54, 1.807) is 30.3 Å². The summed E-state index contributed by atoms with van der Waals surface area (Å²) in [5.41, 5.74) is 0. The maximum Gasteiger partial charge on any atom is 0.319 e. The van der Waals surface area contributed by atoms with E-state index in [4.69, 9.17) is 4.74 Å². The van der Waals surface area contributed by atoms with E-state index < -0.39 is 0 Å². The van der Waals surface area contributed by atoms with Crippen LogP contribution in [0.5, 0.6) is 0 Å². The van der Waals surface area contributed by atoms with Crippen molar-refractivity contribution in [2.45, 2.75) is 17.1 Å². The molecule has 0 spiro atoms. The molecule has 0 bridgehead atoms. The lowest BCUT2D eigenvalue weighted by molar-refractivity contribution is -0.151. The minimum absolute atomic E-state index is 0.172. The van der Waals surface area contributed by atoms with Crippen LogP contribution in [0.25, 0.3) is 0 Å². The third kappa shape index (κ3) is 5.43. The molecule has 142 valence electrons. The third-order valence-electron chi connectivity index (χ3n) is 4.19. The van der Waals surface area contributed by atoms with Crippen LogP contribution in [0.4, 0.5) is 5.95 Å². The number of anilines is 1. The molecule has 1 aliphatic rings. The van der Waals surface area contributed by atoms with Crippen molar-refractivity contribution in [1.29, 1.82) is 0 Å². The molecule has 3 rings (SSSR count). The SMILES string of the molecule is CC(Sc1ccccc1)C(=O)OCC(=O)N1CCN(c2ncccn2)CC1. The number of hydrogen-bond donors (Lipinski definition) is 0. The minimum Gasteiger partial charge on any atom is -0.455 e. The van der Waals surface area contributed by atoms with Gasteiger partial charge in [-0.1, -0.05) is 18.2 Å². The molecule has 0 radical (unpaired) electrons. The standard InChI is InChI=1S/C19H22N4O3S/c1-15(27-16-6-3-2-4-7-16)18(25)26-14-17(24)22-10-12-23(13-11-22)19-20-8-5-9-21-19/h2-9,15H,10-14H2,1H3. The van der Waals surface area contributed by atoms with Crippen LogP contribution < -0.4 is 4.90 Å². The summed E-state index contributed by atoms with van der Waals surface area (Å²) in [7, 11) is 0. The molecule has 1 unspecified atom stereocenters. The molecule has 1 atom stereocenters. The van der Waals surface area contributed by atoms with E-state index in [1.807, 2.05) is 35.2 Å². The Morgan fingerprint density at radius 2 is 1.74 bits per heavy atom. The van der Waals surface area contributed by atoms with Gasteiger partial charge in [0.25, 0.3) is 5.91 Å². The zero-order valence-electron chi connectivity index (χ0n) is 15.2. The van der Waals surface area contributed by atoms with E-state index in [0.29, 0.717) is 32.1 Å². The molecule has 1 aromatic heterocycles. The average molecular weight is 386 g/mol. The molecule has 7 nitrogen and oxygen atoms in total. The number of aromatic nitrogens is 2. The molecule has 2 aromatic rings. The van der Waals surface area contributed by atoms with Gasteiger partial charge in [0.2, 0.25) is 5.95 Å². The quantitative estimate of drug-likeness (QED) is 0.554. The highest BCUT2D eigenvalue weighted by Crippen LogP contribution is 2.23. The van der Waals surface area contributed by atoms with Crippen LogP contribution in [0, 0.1) is 0 Å². The molecule has 1 aliphatic heterocycles. The summed E-state index contributed by atoms with van der Waals surface area (Å²) in [6, 6.07) is 11.4. The first kappa shape index (κ1) is 19.2. The zero-order chi connectivity index (χ0) is 19.1. The first-order chi connectivity index (χ1) is 13.1. The molecule has 0 saturated carbocycles. The summed E-state index contributed by atoms with van der Waals surface area (Å²) in [5, 5.41) is -0.368. The Hall–Kier alpha value is -2.61. The number of piperazine rings is 1. The van der Waals surface area contributed by atoms with Gasteiger partial charge in [-0.05, 0) is 25.1 Å². The van der Waals surface area contributed by atoms with Crippen molar-refractivity contribution in [2.24, 2.45) is 0 Å². The molecule has 1 aromatic carbocycles. The van der Waals surface area contributed by atoms with Crippen molar-refractivity contribution >= 4 is 29.6 Å². The van der Waals surface area contributed by atoms with Crippen molar-refractivity contribution < 1.29 is 14.3 Å². The molecule has 27 heavy (non-hydrogen) atoms. The van der Waals surface area contributed by atoms with Crippen LogP contribution in [0.2, 0.25) is 0 Å². The van der Waals surface area contributed by atoms with Crippen molar-refractivity contribution in [1.82, 2.24) is 14.9 Å². The van der Waals surface area contributed by atoms with Gasteiger partial charge in [-0.15, -0.1) is 11.8 Å². The number of hydrogen-bond acceptors (Lipinski definition) is 7. The van der Waals surface area contributed by atoms with Crippen LogP contribution in [-0.2, 0) is 14.3 Å². The van der Waals surface area contributed by atoms with Crippen molar-refractivity contribution in [3.63, 3.8) is 0 Å². The van der Waals surface area contributed by atoms with Gasteiger partial charge in [-0.25, -0.2) is 9.97 Å². The number of amides is 1. The largest absolute Gasteiger partial charge is 0.455 e. The van der Waals surface area contributed by atoms with Crippen LogP contribution in [0.1, 0.15) is 6.92 Å². The molecule has 0 N–H and O–H groups in total. The summed E-state index contributed by atoms with van der Waals surface area (Å²) in [6.45, 7) is 3.99. The van der Waals surface area contributed by atoms with E-state index >= 15 is 0 Å². The molecule has 8 heteroatoms. The van der Waals surface area contributed by atoms with E-state index in [0.717, 1.165) is 4.90 Å². The fourth-order valence-corrected chi connectivity index (χ4v) is 3.59. The second-order valence-corrected chi connectivity index (χ2v) is 7.51. The van der Waals surface area contributed by atoms with Gasteiger partial charge in [0.1, 0.15) is 5.25 Å². The van der Waals surface area contributed by atoms with Gasteiger partial charge >= 0.3 is 5.97 Å².